The molecular weight excluding hydrogens is 220 g/mol. The molecule has 0 aromatic heterocycles. The van der Waals surface area contributed by atoms with Gasteiger partial charge in [-0.05, 0) is 64.1 Å². The van der Waals surface area contributed by atoms with Gasteiger partial charge in [-0.1, -0.05) is 26.7 Å². The zero-order chi connectivity index (χ0) is 13.0. The van der Waals surface area contributed by atoms with Crippen molar-refractivity contribution < 1.29 is 0 Å². The van der Waals surface area contributed by atoms with Gasteiger partial charge in [0.15, 0.2) is 0 Å². The van der Waals surface area contributed by atoms with Crippen LogP contribution in [0.3, 0.4) is 0 Å². The number of nitrogens with one attached hydrogen (secondary N) is 1. The average molecular weight is 252 g/mol. The quantitative estimate of drug-likeness (QED) is 0.811. The third-order valence-electron chi connectivity index (χ3n) is 5.07. The van der Waals surface area contributed by atoms with Gasteiger partial charge in [0.05, 0.1) is 0 Å². The van der Waals surface area contributed by atoms with Crippen molar-refractivity contribution in [2.75, 3.05) is 19.6 Å². The first kappa shape index (κ1) is 14.3. The number of nitrogens with zero attached hydrogens (tertiary/aromatic N) is 1. The predicted octanol–water partition coefficient (Wildman–Crippen LogP) is 3.28. The predicted molar refractivity (Wildman–Crippen MR) is 78.9 cm³/mol. The van der Waals surface area contributed by atoms with Crippen LogP contribution in [0.25, 0.3) is 0 Å². The van der Waals surface area contributed by atoms with Gasteiger partial charge in [-0.15, -0.1) is 0 Å². The van der Waals surface area contributed by atoms with Crippen LogP contribution in [0, 0.1) is 11.8 Å². The van der Waals surface area contributed by atoms with E-state index in [-0.39, 0.29) is 0 Å². The Morgan fingerprint density at radius 3 is 2.56 bits per heavy atom. The summed E-state index contributed by atoms with van der Waals surface area (Å²) in [5.41, 5.74) is 0. The smallest absolute Gasteiger partial charge is 0.0126 e. The van der Waals surface area contributed by atoms with Crippen LogP contribution in [0.4, 0.5) is 0 Å². The van der Waals surface area contributed by atoms with E-state index in [0.717, 1.165) is 17.9 Å². The highest BCUT2D eigenvalue weighted by Gasteiger charge is 2.32. The van der Waals surface area contributed by atoms with Gasteiger partial charge in [0.2, 0.25) is 0 Å². The van der Waals surface area contributed by atoms with Crippen LogP contribution in [0.1, 0.15) is 59.3 Å². The molecular formula is C16H32N2. The van der Waals surface area contributed by atoms with Gasteiger partial charge in [-0.25, -0.2) is 0 Å². The molecule has 0 bridgehead atoms. The van der Waals surface area contributed by atoms with Crippen molar-refractivity contribution in [1.82, 2.24) is 10.2 Å². The Bertz CT molecular complexity index is 239. The van der Waals surface area contributed by atoms with Crippen molar-refractivity contribution in [3.63, 3.8) is 0 Å². The molecule has 1 N–H and O–H groups in total. The molecule has 2 fully saturated rings. The lowest BCUT2D eigenvalue weighted by Crippen LogP contribution is -2.48. The van der Waals surface area contributed by atoms with E-state index >= 15 is 0 Å². The van der Waals surface area contributed by atoms with Crippen LogP contribution in [0.2, 0.25) is 0 Å². The van der Waals surface area contributed by atoms with Gasteiger partial charge >= 0.3 is 0 Å². The zero-order valence-corrected chi connectivity index (χ0v) is 12.6. The summed E-state index contributed by atoms with van der Waals surface area (Å²) in [6.45, 7) is 11.0. The Labute approximate surface area is 114 Å². The number of rotatable bonds is 2. The van der Waals surface area contributed by atoms with Crippen molar-refractivity contribution >= 4 is 0 Å². The van der Waals surface area contributed by atoms with Crippen LogP contribution in [0.5, 0.6) is 0 Å². The van der Waals surface area contributed by atoms with Gasteiger partial charge in [0.25, 0.3) is 0 Å². The zero-order valence-electron chi connectivity index (χ0n) is 12.6. The van der Waals surface area contributed by atoms with Crippen molar-refractivity contribution in [3.8, 4) is 0 Å². The van der Waals surface area contributed by atoms with E-state index in [0.29, 0.717) is 6.04 Å². The van der Waals surface area contributed by atoms with Gasteiger partial charge in [-0.3, -0.25) is 4.90 Å². The van der Waals surface area contributed by atoms with E-state index in [1.807, 2.05) is 0 Å². The minimum absolute atomic E-state index is 0.703. The second kappa shape index (κ2) is 6.91. The number of hydrogen-bond acceptors (Lipinski definition) is 2. The minimum atomic E-state index is 0.703. The summed E-state index contributed by atoms with van der Waals surface area (Å²) < 4.78 is 0. The monoisotopic (exact) mass is 252 g/mol. The molecule has 3 atom stereocenters. The highest BCUT2D eigenvalue weighted by atomic mass is 15.2. The SMILES string of the molecule is CC1CCN(C2CCCCC2C(C)C)CCCN1. The summed E-state index contributed by atoms with van der Waals surface area (Å²) >= 11 is 0. The normalized spacial score (nSPS) is 36.3. The highest BCUT2D eigenvalue weighted by Crippen LogP contribution is 2.33. The molecule has 0 spiro atoms. The summed E-state index contributed by atoms with van der Waals surface area (Å²) in [7, 11) is 0. The van der Waals surface area contributed by atoms with Gasteiger partial charge in [0, 0.05) is 12.1 Å². The molecule has 0 aromatic rings. The van der Waals surface area contributed by atoms with Gasteiger partial charge < -0.3 is 5.32 Å². The Morgan fingerprint density at radius 1 is 1.00 bits per heavy atom. The molecule has 0 amide bonds. The van der Waals surface area contributed by atoms with Crippen LogP contribution in [-0.4, -0.2) is 36.6 Å². The molecule has 2 rings (SSSR count). The van der Waals surface area contributed by atoms with E-state index in [9.17, 15) is 0 Å². The molecule has 2 aliphatic rings. The summed E-state index contributed by atoms with van der Waals surface area (Å²) in [4.78, 5) is 2.83. The molecule has 0 aromatic carbocycles. The first-order valence-electron chi connectivity index (χ1n) is 8.16. The molecule has 18 heavy (non-hydrogen) atoms. The third kappa shape index (κ3) is 3.71. The second-order valence-electron chi connectivity index (χ2n) is 6.79. The largest absolute Gasteiger partial charge is 0.314 e. The van der Waals surface area contributed by atoms with Gasteiger partial charge in [-0.2, -0.15) is 0 Å². The fourth-order valence-corrected chi connectivity index (χ4v) is 3.91. The minimum Gasteiger partial charge on any atom is -0.314 e. The van der Waals surface area contributed by atoms with Crippen molar-refractivity contribution in [1.29, 1.82) is 0 Å². The molecule has 1 aliphatic carbocycles. The third-order valence-corrected chi connectivity index (χ3v) is 5.07. The molecule has 0 radical (unpaired) electrons. The second-order valence-corrected chi connectivity index (χ2v) is 6.79. The first-order valence-corrected chi connectivity index (χ1v) is 8.16. The van der Waals surface area contributed by atoms with E-state index in [1.54, 1.807) is 0 Å². The molecule has 1 saturated carbocycles. The van der Waals surface area contributed by atoms with Crippen LogP contribution in [-0.2, 0) is 0 Å². The Hall–Kier alpha value is -0.0800. The molecule has 1 saturated heterocycles. The van der Waals surface area contributed by atoms with E-state index < -0.39 is 0 Å². The molecule has 2 nitrogen and oxygen atoms in total. The fraction of sp³-hybridized carbons (Fsp3) is 1.00. The Balaban J connectivity index is 1.97. The summed E-state index contributed by atoms with van der Waals surface area (Å²) in [6.07, 6.45) is 8.48. The van der Waals surface area contributed by atoms with Crippen LogP contribution >= 0.6 is 0 Å². The van der Waals surface area contributed by atoms with E-state index in [4.69, 9.17) is 0 Å². The highest BCUT2D eigenvalue weighted by molar-refractivity contribution is 4.86. The average Bonchev–Trinajstić information content (AvgIpc) is 2.34. The number of hydrogen-bond donors (Lipinski definition) is 1. The molecule has 1 aliphatic heterocycles. The lowest BCUT2D eigenvalue weighted by Gasteiger charge is -2.43. The van der Waals surface area contributed by atoms with Crippen molar-refractivity contribution in [2.24, 2.45) is 11.8 Å². The topological polar surface area (TPSA) is 15.3 Å². The fourth-order valence-electron chi connectivity index (χ4n) is 3.91. The first-order chi connectivity index (χ1) is 8.68. The van der Waals surface area contributed by atoms with Gasteiger partial charge in [0.1, 0.15) is 0 Å². The van der Waals surface area contributed by atoms with Crippen molar-refractivity contribution in [2.45, 2.75) is 71.4 Å². The molecule has 106 valence electrons. The maximum absolute atomic E-state index is 3.62. The summed E-state index contributed by atoms with van der Waals surface area (Å²) in [5.74, 6) is 1.80. The van der Waals surface area contributed by atoms with Crippen LogP contribution < -0.4 is 5.32 Å². The van der Waals surface area contributed by atoms with Crippen molar-refractivity contribution in [3.05, 3.63) is 0 Å². The maximum Gasteiger partial charge on any atom is 0.0126 e. The standard InChI is InChI=1S/C16H32N2/c1-13(2)15-7-4-5-8-16(15)18-11-6-10-17-14(3)9-12-18/h13-17H,4-12H2,1-3H3. The molecule has 3 unspecified atom stereocenters. The molecule has 2 heteroatoms. The van der Waals surface area contributed by atoms with Crippen LogP contribution in [0.15, 0.2) is 0 Å². The summed E-state index contributed by atoms with van der Waals surface area (Å²) in [6, 6.07) is 1.58. The Morgan fingerprint density at radius 2 is 1.78 bits per heavy atom. The van der Waals surface area contributed by atoms with E-state index in [2.05, 4.69) is 31.0 Å². The molecule has 1 heterocycles. The lowest BCUT2D eigenvalue weighted by molar-refractivity contribution is 0.0700. The lowest BCUT2D eigenvalue weighted by atomic mass is 9.77. The Kier molecular flexibility index (Phi) is 5.50. The summed E-state index contributed by atoms with van der Waals surface area (Å²) in [5, 5.41) is 3.62. The van der Waals surface area contributed by atoms with E-state index in [1.165, 1.54) is 58.2 Å². The maximum atomic E-state index is 3.62.